The van der Waals surface area contributed by atoms with Crippen LogP contribution in [-0.4, -0.2) is 116 Å². The van der Waals surface area contributed by atoms with Crippen molar-refractivity contribution in [1.82, 2.24) is 0 Å². The van der Waals surface area contributed by atoms with Crippen LogP contribution in [0.5, 0.6) is 23.0 Å². The number of aliphatic hydroxyl groups excluding tert-OH is 5. The summed E-state index contributed by atoms with van der Waals surface area (Å²) in [6.07, 6.45) is -11.2. The predicted octanol–water partition coefficient (Wildman–Crippen LogP) is -1.48. The smallest absolute Gasteiger partial charge is 0.336 e. The summed E-state index contributed by atoms with van der Waals surface area (Å²) in [6.45, 7) is -1.71. The van der Waals surface area contributed by atoms with Gasteiger partial charge in [-0.15, -0.1) is 0 Å². The number of methoxy groups -OCH3 is 1. The molecule has 5 rings (SSSR count). The second-order valence-corrected chi connectivity index (χ2v) is 10.0. The Morgan fingerprint density at radius 3 is 2.40 bits per heavy atom. The summed E-state index contributed by atoms with van der Waals surface area (Å²) in [5, 5.41) is 81.5. The molecule has 3 heterocycles. The van der Waals surface area contributed by atoms with E-state index >= 15 is 0 Å². The van der Waals surface area contributed by atoms with Gasteiger partial charge in [-0.3, -0.25) is 0 Å². The molecule has 0 spiro atoms. The van der Waals surface area contributed by atoms with Crippen LogP contribution in [0.4, 0.5) is 0 Å². The average molecular weight is 595 g/mol. The zero-order valence-corrected chi connectivity index (χ0v) is 22.1. The van der Waals surface area contributed by atoms with Gasteiger partial charge in [0.05, 0.1) is 32.3 Å². The van der Waals surface area contributed by atoms with E-state index in [1.54, 1.807) is 0 Å². The Hall–Kier alpha value is -3.51. The molecule has 8 N–H and O–H groups in total. The second kappa shape index (κ2) is 11.6. The fourth-order valence-electron chi connectivity index (χ4n) is 4.77. The number of aliphatic hydroxyl groups is 6. The molecule has 2 fully saturated rings. The van der Waals surface area contributed by atoms with Gasteiger partial charge in [0.15, 0.2) is 17.8 Å². The fraction of sp³-hybridized carbons (Fsp3) is 0.444. The summed E-state index contributed by atoms with van der Waals surface area (Å²) in [5.41, 5.74) is -2.20. The second-order valence-electron chi connectivity index (χ2n) is 10.0. The molecule has 0 unspecified atom stereocenters. The number of benzene rings is 2. The van der Waals surface area contributed by atoms with Crippen LogP contribution < -0.4 is 15.1 Å². The SMILES string of the molecule is COc1cc(O[C@@H]2O[C@@H](CO[C@H]3OC[C@@](O)(CO)[C@H]3O)[C@@H](O)[C@@H](O)[C@@H]2O)c2c(-c3ccc(O)c(O)c3)cc(=O)oc2c1. The number of hydrogen-bond donors (Lipinski definition) is 8. The summed E-state index contributed by atoms with van der Waals surface area (Å²) in [7, 11) is 1.35. The standard InChI is InChI=1S/C27H30O15/c1-37-12-5-16-20(13(7-19(31)40-16)11-2-3-14(29)15(30)4-11)17(6-12)41-25-23(34)22(33)21(32)18(42-25)8-38-26-24(35)27(36,9-28)10-39-26/h2-7,18,21-26,28-30,32-36H,8-10H2,1H3/t18-,21+,22+,23-,24-,25+,26-,27-/m0/s1. The molecule has 42 heavy (non-hydrogen) atoms. The molecule has 2 aliphatic heterocycles. The first-order chi connectivity index (χ1) is 19.9. The monoisotopic (exact) mass is 594 g/mol. The minimum absolute atomic E-state index is 0.00563. The van der Waals surface area contributed by atoms with Crippen molar-refractivity contribution >= 4 is 11.0 Å². The summed E-state index contributed by atoms with van der Waals surface area (Å²) < 4.78 is 32.9. The molecule has 228 valence electrons. The van der Waals surface area contributed by atoms with E-state index in [1.807, 2.05) is 0 Å². The van der Waals surface area contributed by atoms with Crippen LogP contribution in [0.1, 0.15) is 0 Å². The van der Waals surface area contributed by atoms with Crippen LogP contribution in [-0.2, 0) is 14.2 Å². The van der Waals surface area contributed by atoms with E-state index in [4.69, 9.17) is 28.1 Å². The van der Waals surface area contributed by atoms with Crippen molar-refractivity contribution in [2.45, 2.75) is 48.7 Å². The lowest BCUT2D eigenvalue weighted by molar-refractivity contribution is -0.289. The molecule has 15 heteroatoms. The third kappa shape index (κ3) is 5.49. The maximum Gasteiger partial charge on any atom is 0.336 e. The lowest BCUT2D eigenvalue weighted by Gasteiger charge is -2.40. The molecule has 3 aromatic rings. The number of rotatable bonds is 8. The van der Waals surface area contributed by atoms with Gasteiger partial charge in [0, 0.05) is 23.8 Å². The van der Waals surface area contributed by atoms with E-state index in [-0.39, 0.29) is 33.8 Å². The molecule has 1 aromatic heterocycles. The Balaban J connectivity index is 1.47. The average Bonchev–Trinajstić information content (AvgIpc) is 3.26. The molecule has 0 bridgehead atoms. The van der Waals surface area contributed by atoms with Crippen molar-refractivity contribution in [3.63, 3.8) is 0 Å². The van der Waals surface area contributed by atoms with Crippen molar-refractivity contribution in [1.29, 1.82) is 0 Å². The molecule has 0 amide bonds. The summed E-state index contributed by atoms with van der Waals surface area (Å²) in [5.74, 6) is -0.712. The van der Waals surface area contributed by atoms with Crippen LogP contribution in [0.3, 0.4) is 0 Å². The van der Waals surface area contributed by atoms with E-state index in [9.17, 15) is 45.6 Å². The molecule has 8 atom stereocenters. The molecule has 2 saturated heterocycles. The van der Waals surface area contributed by atoms with Crippen molar-refractivity contribution < 1.29 is 69.0 Å². The first-order valence-electron chi connectivity index (χ1n) is 12.7. The summed E-state index contributed by atoms with van der Waals surface area (Å²) >= 11 is 0. The zero-order chi connectivity index (χ0) is 30.3. The molecule has 0 saturated carbocycles. The Bertz CT molecular complexity index is 1490. The van der Waals surface area contributed by atoms with Gasteiger partial charge < -0.3 is 69.0 Å². The highest BCUT2D eigenvalue weighted by Crippen LogP contribution is 2.41. The highest BCUT2D eigenvalue weighted by molar-refractivity contribution is 5.98. The molecular formula is C27H30O15. The minimum Gasteiger partial charge on any atom is -0.504 e. The van der Waals surface area contributed by atoms with Gasteiger partial charge in [-0.05, 0) is 17.7 Å². The van der Waals surface area contributed by atoms with E-state index in [1.165, 1.54) is 37.4 Å². The molecule has 0 radical (unpaired) electrons. The minimum atomic E-state index is -1.95. The van der Waals surface area contributed by atoms with Gasteiger partial charge in [0.1, 0.15) is 53.2 Å². The topological polar surface area (TPSA) is 238 Å². The van der Waals surface area contributed by atoms with E-state index in [0.29, 0.717) is 5.56 Å². The van der Waals surface area contributed by atoms with Crippen molar-refractivity contribution in [3.8, 4) is 34.1 Å². The Labute approximate surface area is 236 Å². The number of fused-ring (bicyclic) bond motifs is 1. The Kier molecular flexibility index (Phi) is 8.30. The van der Waals surface area contributed by atoms with Gasteiger partial charge in [0.25, 0.3) is 0 Å². The van der Waals surface area contributed by atoms with Gasteiger partial charge in [0.2, 0.25) is 6.29 Å². The lowest BCUT2D eigenvalue weighted by atomic mass is 9.98. The normalized spacial score (nSPS) is 31.4. The van der Waals surface area contributed by atoms with Gasteiger partial charge in [-0.2, -0.15) is 0 Å². The molecular weight excluding hydrogens is 564 g/mol. The van der Waals surface area contributed by atoms with Crippen LogP contribution in [0, 0.1) is 0 Å². The highest BCUT2D eigenvalue weighted by Gasteiger charge is 2.50. The maximum atomic E-state index is 12.4. The quantitative estimate of drug-likeness (QED) is 0.110. The summed E-state index contributed by atoms with van der Waals surface area (Å²) in [6, 6.07) is 7.80. The molecule has 0 aliphatic carbocycles. The van der Waals surface area contributed by atoms with Crippen LogP contribution >= 0.6 is 0 Å². The van der Waals surface area contributed by atoms with Crippen molar-refractivity contribution in [3.05, 3.63) is 46.8 Å². The van der Waals surface area contributed by atoms with E-state index in [0.717, 1.165) is 6.07 Å². The Morgan fingerprint density at radius 1 is 0.976 bits per heavy atom. The van der Waals surface area contributed by atoms with Crippen LogP contribution in [0.25, 0.3) is 22.1 Å². The zero-order valence-electron chi connectivity index (χ0n) is 22.1. The van der Waals surface area contributed by atoms with Gasteiger partial charge in [-0.25, -0.2) is 4.79 Å². The highest BCUT2D eigenvalue weighted by atomic mass is 16.7. The van der Waals surface area contributed by atoms with Crippen LogP contribution in [0.15, 0.2) is 45.6 Å². The lowest BCUT2D eigenvalue weighted by Crippen LogP contribution is -2.60. The van der Waals surface area contributed by atoms with Gasteiger partial charge >= 0.3 is 5.63 Å². The fourth-order valence-corrected chi connectivity index (χ4v) is 4.77. The number of ether oxygens (including phenoxy) is 5. The number of aromatic hydroxyl groups is 2. The third-order valence-corrected chi connectivity index (χ3v) is 7.22. The third-order valence-electron chi connectivity index (χ3n) is 7.22. The Morgan fingerprint density at radius 2 is 1.74 bits per heavy atom. The van der Waals surface area contributed by atoms with Crippen LogP contribution in [0.2, 0.25) is 0 Å². The predicted molar refractivity (Wildman–Crippen MR) is 139 cm³/mol. The number of hydrogen-bond acceptors (Lipinski definition) is 15. The first-order valence-corrected chi connectivity index (χ1v) is 12.7. The van der Waals surface area contributed by atoms with Crippen molar-refractivity contribution in [2.24, 2.45) is 0 Å². The molecule has 15 nitrogen and oxygen atoms in total. The largest absolute Gasteiger partial charge is 0.504 e. The van der Waals surface area contributed by atoms with E-state index < -0.39 is 79.9 Å². The molecule has 2 aliphatic rings. The number of phenolic OH excluding ortho intramolecular Hbond substituents is 2. The van der Waals surface area contributed by atoms with E-state index in [2.05, 4.69) is 0 Å². The first kappa shape index (κ1) is 30.0. The number of phenols is 2. The van der Waals surface area contributed by atoms with Crippen molar-refractivity contribution in [2.75, 3.05) is 26.9 Å². The van der Waals surface area contributed by atoms with Gasteiger partial charge in [-0.1, -0.05) is 6.07 Å². The molecule has 2 aromatic carbocycles. The maximum absolute atomic E-state index is 12.4. The summed E-state index contributed by atoms with van der Waals surface area (Å²) in [4.78, 5) is 12.4.